The van der Waals surface area contributed by atoms with Gasteiger partial charge in [-0.1, -0.05) is 5.10 Å². The van der Waals surface area contributed by atoms with Crippen molar-refractivity contribution in [3.8, 4) is 0 Å². The van der Waals surface area contributed by atoms with Crippen LogP contribution in [-0.2, 0) is 10.0 Å². The van der Waals surface area contributed by atoms with Crippen LogP contribution in [0.5, 0.6) is 0 Å². The van der Waals surface area contributed by atoms with Crippen LogP contribution in [0, 0.1) is 0 Å². The zero-order chi connectivity index (χ0) is 11.9. The van der Waals surface area contributed by atoms with Gasteiger partial charge in [0.25, 0.3) is 10.0 Å². The molecule has 0 aliphatic heterocycles. The molecule has 0 atom stereocenters. The first kappa shape index (κ1) is 10.3. The number of hydrogen-bond donors (Lipinski definition) is 2. The van der Waals surface area contributed by atoms with E-state index in [2.05, 4.69) is 24.9 Å². The first-order valence-electron chi connectivity index (χ1n) is 5.00. The number of imidazole rings is 1. The summed E-state index contributed by atoms with van der Waals surface area (Å²) in [4.78, 5) is 6.12. The second kappa shape index (κ2) is 3.55. The van der Waals surface area contributed by atoms with Gasteiger partial charge in [-0.05, 0) is 12.8 Å². The van der Waals surface area contributed by atoms with Crippen molar-refractivity contribution in [3.05, 3.63) is 18.4 Å². The number of nitrogens with one attached hydrogen (secondary N) is 2. The van der Waals surface area contributed by atoms with Gasteiger partial charge in [0, 0.05) is 5.92 Å². The molecule has 1 aliphatic rings. The van der Waals surface area contributed by atoms with Crippen LogP contribution in [-0.4, -0.2) is 28.6 Å². The van der Waals surface area contributed by atoms with Crippen LogP contribution in [0.3, 0.4) is 0 Å². The highest BCUT2D eigenvalue weighted by Crippen LogP contribution is 2.39. The van der Waals surface area contributed by atoms with Crippen molar-refractivity contribution in [2.45, 2.75) is 23.8 Å². The minimum atomic E-state index is -3.73. The fourth-order valence-electron chi connectivity index (χ4n) is 1.33. The molecule has 0 spiro atoms. The molecule has 0 aromatic carbocycles. The molecule has 0 radical (unpaired) electrons. The first-order valence-corrected chi connectivity index (χ1v) is 6.48. The van der Waals surface area contributed by atoms with Gasteiger partial charge >= 0.3 is 6.01 Å². The standard InChI is InChI=1S/C8H9N5O3S/c14-17(15,6-3-9-4-10-6)13-8-12-11-7(16-8)5-1-2-5/h3-5H,1-2H2,(H,9,10)(H,12,13). The Morgan fingerprint density at radius 2 is 2.24 bits per heavy atom. The Hall–Kier alpha value is -1.90. The second-order valence-corrected chi connectivity index (χ2v) is 5.39. The lowest BCUT2D eigenvalue weighted by atomic mass is 10.4. The lowest BCUT2D eigenvalue weighted by Gasteiger charge is -1.99. The number of aromatic nitrogens is 4. The van der Waals surface area contributed by atoms with Crippen LogP contribution >= 0.6 is 0 Å². The Morgan fingerprint density at radius 3 is 2.88 bits per heavy atom. The van der Waals surface area contributed by atoms with Crippen molar-refractivity contribution in [1.82, 2.24) is 20.2 Å². The lowest BCUT2D eigenvalue weighted by molar-refractivity contribution is 0.510. The van der Waals surface area contributed by atoms with Crippen molar-refractivity contribution < 1.29 is 12.8 Å². The SMILES string of the molecule is O=S(=O)(Nc1nnc(C2CC2)o1)c1cnc[nH]1. The number of aromatic amines is 1. The number of sulfonamides is 1. The Labute approximate surface area is 96.5 Å². The fourth-order valence-corrected chi connectivity index (χ4v) is 2.16. The molecule has 0 amide bonds. The van der Waals surface area contributed by atoms with Crippen molar-refractivity contribution in [1.29, 1.82) is 0 Å². The third-order valence-corrected chi connectivity index (χ3v) is 3.60. The summed E-state index contributed by atoms with van der Waals surface area (Å²) in [5, 5.41) is 7.35. The average Bonchev–Trinajstić information content (AvgIpc) is 2.81. The maximum Gasteiger partial charge on any atom is 0.329 e. The summed E-state index contributed by atoms with van der Waals surface area (Å²) in [7, 11) is -3.73. The molecule has 1 fully saturated rings. The third kappa shape index (κ3) is 2.00. The topological polar surface area (TPSA) is 114 Å². The minimum Gasteiger partial charge on any atom is -0.407 e. The minimum absolute atomic E-state index is 0.0522. The Morgan fingerprint density at radius 1 is 1.41 bits per heavy atom. The maximum absolute atomic E-state index is 11.7. The smallest absolute Gasteiger partial charge is 0.329 e. The van der Waals surface area contributed by atoms with E-state index in [0.29, 0.717) is 5.89 Å². The molecule has 2 N–H and O–H groups in total. The van der Waals surface area contributed by atoms with E-state index < -0.39 is 10.0 Å². The highest BCUT2D eigenvalue weighted by molar-refractivity contribution is 7.92. The quantitative estimate of drug-likeness (QED) is 0.820. The van der Waals surface area contributed by atoms with Crippen molar-refractivity contribution >= 4 is 16.0 Å². The molecule has 0 saturated heterocycles. The summed E-state index contributed by atoms with van der Waals surface area (Å²) >= 11 is 0. The molecule has 90 valence electrons. The van der Waals surface area contributed by atoms with Gasteiger partial charge in [0.05, 0.1) is 12.5 Å². The van der Waals surface area contributed by atoms with E-state index in [-0.39, 0.29) is 17.0 Å². The molecule has 9 heteroatoms. The molecule has 0 bridgehead atoms. The third-order valence-electron chi connectivity index (χ3n) is 2.35. The van der Waals surface area contributed by atoms with Crippen LogP contribution < -0.4 is 4.72 Å². The Kier molecular flexibility index (Phi) is 2.15. The van der Waals surface area contributed by atoms with Gasteiger partial charge in [0.2, 0.25) is 5.89 Å². The van der Waals surface area contributed by atoms with Gasteiger partial charge in [-0.3, -0.25) is 0 Å². The monoisotopic (exact) mass is 255 g/mol. The largest absolute Gasteiger partial charge is 0.407 e. The number of hydrogen-bond acceptors (Lipinski definition) is 6. The molecule has 1 aliphatic carbocycles. The van der Waals surface area contributed by atoms with E-state index in [1.807, 2.05) is 0 Å². The Bertz CT molecular complexity index is 613. The van der Waals surface area contributed by atoms with Crippen molar-refractivity contribution in [2.24, 2.45) is 0 Å². The zero-order valence-corrected chi connectivity index (χ0v) is 9.44. The summed E-state index contributed by atoms with van der Waals surface area (Å²) in [6, 6.07) is -0.124. The fraction of sp³-hybridized carbons (Fsp3) is 0.375. The molecule has 1 saturated carbocycles. The molecule has 17 heavy (non-hydrogen) atoms. The summed E-state index contributed by atoms with van der Waals surface area (Å²) in [6.07, 6.45) is 4.49. The van der Waals surface area contributed by atoms with Crippen LogP contribution in [0.1, 0.15) is 24.7 Å². The summed E-state index contributed by atoms with van der Waals surface area (Å²) in [5.74, 6) is 0.764. The van der Waals surface area contributed by atoms with E-state index >= 15 is 0 Å². The van der Waals surface area contributed by atoms with Gasteiger partial charge in [-0.2, -0.15) is 8.42 Å². The molecule has 2 aromatic heterocycles. The molecule has 3 rings (SSSR count). The van der Waals surface area contributed by atoms with Crippen LogP contribution in [0.25, 0.3) is 0 Å². The second-order valence-electron chi connectivity index (χ2n) is 3.74. The molecule has 2 aromatic rings. The predicted molar refractivity (Wildman–Crippen MR) is 55.7 cm³/mol. The summed E-state index contributed by atoms with van der Waals surface area (Å²) in [5.41, 5.74) is 0. The summed E-state index contributed by atoms with van der Waals surface area (Å²) < 4.78 is 30.9. The molecule has 2 heterocycles. The lowest BCUT2D eigenvalue weighted by Crippen LogP contribution is -2.13. The number of nitrogens with zero attached hydrogens (tertiary/aromatic N) is 3. The highest BCUT2D eigenvalue weighted by atomic mass is 32.2. The van der Waals surface area contributed by atoms with Gasteiger partial charge in [0.15, 0.2) is 5.03 Å². The Balaban J connectivity index is 1.81. The van der Waals surface area contributed by atoms with Crippen molar-refractivity contribution in [2.75, 3.05) is 4.72 Å². The number of rotatable bonds is 4. The van der Waals surface area contributed by atoms with Gasteiger partial charge < -0.3 is 9.40 Å². The van der Waals surface area contributed by atoms with Gasteiger partial charge in [-0.15, -0.1) is 5.10 Å². The number of anilines is 1. The maximum atomic E-state index is 11.7. The molecular weight excluding hydrogens is 246 g/mol. The van der Waals surface area contributed by atoms with E-state index in [0.717, 1.165) is 12.8 Å². The van der Waals surface area contributed by atoms with E-state index in [1.165, 1.54) is 12.5 Å². The van der Waals surface area contributed by atoms with E-state index in [4.69, 9.17) is 4.42 Å². The summed E-state index contributed by atoms with van der Waals surface area (Å²) in [6.45, 7) is 0. The van der Waals surface area contributed by atoms with Gasteiger partial charge in [0.1, 0.15) is 0 Å². The van der Waals surface area contributed by atoms with Gasteiger partial charge in [-0.25, -0.2) is 9.71 Å². The molecule has 0 unspecified atom stereocenters. The first-order chi connectivity index (χ1) is 8.15. The average molecular weight is 255 g/mol. The molecule has 8 nitrogen and oxygen atoms in total. The predicted octanol–water partition coefficient (Wildman–Crippen LogP) is 0.471. The highest BCUT2D eigenvalue weighted by Gasteiger charge is 2.30. The zero-order valence-electron chi connectivity index (χ0n) is 8.62. The van der Waals surface area contributed by atoms with Crippen LogP contribution in [0.15, 0.2) is 22.0 Å². The van der Waals surface area contributed by atoms with Crippen molar-refractivity contribution in [3.63, 3.8) is 0 Å². The number of H-pyrrole nitrogens is 1. The normalized spacial score (nSPS) is 16.0. The van der Waals surface area contributed by atoms with Crippen LogP contribution in [0.2, 0.25) is 0 Å². The van der Waals surface area contributed by atoms with Crippen LogP contribution in [0.4, 0.5) is 6.01 Å². The van der Waals surface area contributed by atoms with E-state index in [1.54, 1.807) is 0 Å². The molecular formula is C8H9N5O3S. The van der Waals surface area contributed by atoms with E-state index in [9.17, 15) is 8.42 Å².